The van der Waals surface area contributed by atoms with Gasteiger partial charge in [-0.05, 0) is 12.8 Å². The third-order valence-electron chi connectivity index (χ3n) is 1.14. The number of hydrogen-bond acceptors (Lipinski definition) is 4. The van der Waals surface area contributed by atoms with E-state index in [9.17, 15) is 4.79 Å². The molecule has 4 N–H and O–H groups in total. The molecule has 0 saturated carbocycles. The summed E-state index contributed by atoms with van der Waals surface area (Å²) < 4.78 is 0. The Balaban J connectivity index is 3.40. The summed E-state index contributed by atoms with van der Waals surface area (Å²) in [7, 11) is 0. The van der Waals surface area contributed by atoms with Gasteiger partial charge in [0.05, 0.1) is 0 Å². The molecule has 0 aliphatic rings. The number of carboxylic acids is 1. The maximum atomic E-state index is 9.92. The highest BCUT2D eigenvalue weighted by atomic mass is 16.7. The fourth-order valence-electron chi connectivity index (χ4n) is 0.641. The smallest absolute Gasteiger partial charge is 0.327 e. The third kappa shape index (κ3) is 9.09. The molecule has 70 valence electrons. The molecule has 0 unspecified atom stereocenters. The van der Waals surface area contributed by atoms with Gasteiger partial charge in [-0.3, -0.25) is 0 Å². The lowest BCUT2D eigenvalue weighted by Gasteiger charge is -2.11. The van der Waals surface area contributed by atoms with Crippen LogP contribution in [0.25, 0.3) is 0 Å². The standard InChI is InChI=1S/C7H12O5/c8-6(9)4-2-1-3-5-7(10,11)12/h2,4,10-12H,1,3,5H2,(H,8,9). The molecule has 0 fully saturated rings. The summed E-state index contributed by atoms with van der Waals surface area (Å²) in [5, 5.41) is 33.3. The van der Waals surface area contributed by atoms with Crippen molar-refractivity contribution in [1.82, 2.24) is 0 Å². The first-order valence-electron chi connectivity index (χ1n) is 3.48. The lowest BCUT2D eigenvalue weighted by atomic mass is 10.2. The second-order valence-electron chi connectivity index (χ2n) is 2.41. The SMILES string of the molecule is O=C(O)C=CCCCC(O)(O)O. The summed E-state index contributed by atoms with van der Waals surface area (Å²) in [6.07, 6.45) is 2.85. The number of rotatable bonds is 5. The van der Waals surface area contributed by atoms with Gasteiger partial charge in [0.2, 0.25) is 0 Å². The van der Waals surface area contributed by atoms with Gasteiger partial charge in [-0.1, -0.05) is 6.08 Å². The van der Waals surface area contributed by atoms with Crippen LogP contribution in [0.1, 0.15) is 19.3 Å². The van der Waals surface area contributed by atoms with Gasteiger partial charge < -0.3 is 20.4 Å². The Bertz CT molecular complexity index is 167. The van der Waals surface area contributed by atoms with E-state index in [0.29, 0.717) is 12.8 Å². The van der Waals surface area contributed by atoms with Crippen molar-refractivity contribution >= 4 is 5.97 Å². The predicted octanol–water partition coefficient (Wildman–Crippen LogP) is -0.572. The number of hydrogen-bond donors (Lipinski definition) is 4. The van der Waals surface area contributed by atoms with Crippen molar-refractivity contribution in [3.63, 3.8) is 0 Å². The van der Waals surface area contributed by atoms with E-state index in [1.54, 1.807) is 0 Å². The average molecular weight is 176 g/mol. The van der Waals surface area contributed by atoms with Crippen molar-refractivity contribution in [2.75, 3.05) is 0 Å². The topological polar surface area (TPSA) is 98.0 Å². The summed E-state index contributed by atoms with van der Waals surface area (Å²) in [6, 6.07) is 0. The average Bonchev–Trinajstić information content (AvgIpc) is 1.83. The molecule has 0 rings (SSSR count). The van der Waals surface area contributed by atoms with Crippen LogP contribution in [0.4, 0.5) is 0 Å². The van der Waals surface area contributed by atoms with E-state index >= 15 is 0 Å². The zero-order valence-electron chi connectivity index (χ0n) is 6.47. The third-order valence-corrected chi connectivity index (χ3v) is 1.14. The van der Waals surface area contributed by atoms with Crippen LogP contribution in [-0.2, 0) is 4.79 Å². The first-order valence-corrected chi connectivity index (χ1v) is 3.48. The van der Waals surface area contributed by atoms with Crippen LogP contribution < -0.4 is 0 Å². The van der Waals surface area contributed by atoms with Crippen molar-refractivity contribution in [2.24, 2.45) is 0 Å². The molecule has 0 aromatic rings. The van der Waals surface area contributed by atoms with E-state index in [2.05, 4.69) is 0 Å². The largest absolute Gasteiger partial charge is 0.478 e. The molecular formula is C7H12O5. The number of carboxylic acid groups (broad SMARTS) is 1. The monoisotopic (exact) mass is 176 g/mol. The predicted molar refractivity (Wildman–Crippen MR) is 40.0 cm³/mol. The Kier molecular flexibility index (Phi) is 4.50. The molecule has 0 atom stereocenters. The van der Waals surface area contributed by atoms with Crippen LogP contribution >= 0.6 is 0 Å². The van der Waals surface area contributed by atoms with Crippen molar-refractivity contribution in [3.05, 3.63) is 12.2 Å². The van der Waals surface area contributed by atoms with E-state index < -0.39 is 11.9 Å². The summed E-state index contributed by atoms with van der Waals surface area (Å²) in [4.78, 5) is 9.92. The van der Waals surface area contributed by atoms with E-state index in [1.807, 2.05) is 0 Å². The summed E-state index contributed by atoms with van der Waals surface area (Å²) in [5.74, 6) is -3.69. The highest BCUT2D eigenvalue weighted by molar-refractivity contribution is 5.79. The molecule has 5 nitrogen and oxygen atoms in total. The highest BCUT2D eigenvalue weighted by Gasteiger charge is 2.15. The Hall–Kier alpha value is -0.910. The highest BCUT2D eigenvalue weighted by Crippen LogP contribution is 2.06. The first-order chi connectivity index (χ1) is 5.42. The van der Waals surface area contributed by atoms with E-state index in [0.717, 1.165) is 6.08 Å². The Morgan fingerprint density at radius 1 is 1.33 bits per heavy atom. The molecule has 12 heavy (non-hydrogen) atoms. The molecule has 0 amide bonds. The Morgan fingerprint density at radius 2 is 1.92 bits per heavy atom. The lowest BCUT2D eigenvalue weighted by molar-refractivity contribution is -0.314. The zero-order valence-corrected chi connectivity index (χ0v) is 6.47. The molecule has 0 saturated heterocycles. The second-order valence-corrected chi connectivity index (χ2v) is 2.41. The maximum Gasteiger partial charge on any atom is 0.327 e. The molecule has 0 spiro atoms. The number of unbranched alkanes of at least 4 members (excludes halogenated alkanes) is 1. The first kappa shape index (κ1) is 11.1. The van der Waals surface area contributed by atoms with E-state index in [-0.39, 0.29) is 6.42 Å². The molecule has 0 radical (unpaired) electrons. The zero-order chi connectivity index (χ0) is 9.61. The van der Waals surface area contributed by atoms with Gasteiger partial charge in [0.1, 0.15) is 0 Å². The van der Waals surface area contributed by atoms with Crippen molar-refractivity contribution < 1.29 is 25.2 Å². The van der Waals surface area contributed by atoms with Gasteiger partial charge in [0, 0.05) is 12.5 Å². The Morgan fingerprint density at radius 3 is 2.33 bits per heavy atom. The minimum atomic E-state index is -2.64. The van der Waals surface area contributed by atoms with Crippen LogP contribution in [0, 0.1) is 0 Å². The molecule has 0 aliphatic carbocycles. The molecule has 0 bridgehead atoms. The van der Waals surface area contributed by atoms with Gasteiger partial charge in [0.15, 0.2) is 0 Å². The molecule has 0 aromatic heterocycles. The van der Waals surface area contributed by atoms with Crippen LogP contribution in [-0.4, -0.2) is 32.4 Å². The second kappa shape index (κ2) is 4.87. The van der Waals surface area contributed by atoms with Gasteiger partial charge in [-0.15, -0.1) is 0 Å². The van der Waals surface area contributed by atoms with Crippen LogP contribution in [0.2, 0.25) is 0 Å². The molecular weight excluding hydrogens is 164 g/mol. The lowest BCUT2D eigenvalue weighted by Crippen LogP contribution is -2.26. The number of carbonyl (C=O) groups is 1. The minimum Gasteiger partial charge on any atom is -0.478 e. The van der Waals surface area contributed by atoms with Gasteiger partial charge in [0.25, 0.3) is 5.97 Å². The summed E-state index contributed by atoms with van der Waals surface area (Å²) >= 11 is 0. The number of aliphatic hydroxyl groups is 3. The summed E-state index contributed by atoms with van der Waals surface area (Å²) in [5.41, 5.74) is 0. The van der Waals surface area contributed by atoms with Gasteiger partial charge >= 0.3 is 5.97 Å². The molecule has 0 heterocycles. The fourth-order valence-corrected chi connectivity index (χ4v) is 0.641. The normalized spacial score (nSPS) is 12.2. The van der Waals surface area contributed by atoms with Gasteiger partial charge in [-0.2, -0.15) is 0 Å². The minimum absolute atomic E-state index is 0.197. The van der Waals surface area contributed by atoms with Crippen molar-refractivity contribution in [3.8, 4) is 0 Å². The van der Waals surface area contributed by atoms with Crippen LogP contribution in [0.5, 0.6) is 0 Å². The number of allylic oxidation sites excluding steroid dienone is 1. The number of aliphatic carboxylic acids is 1. The molecule has 5 heteroatoms. The quantitative estimate of drug-likeness (QED) is 0.255. The van der Waals surface area contributed by atoms with Crippen LogP contribution in [0.3, 0.4) is 0 Å². The molecule has 0 aliphatic heterocycles. The van der Waals surface area contributed by atoms with Crippen molar-refractivity contribution in [2.45, 2.75) is 25.2 Å². The van der Waals surface area contributed by atoms with E-state index in [4.69, 9.17) is 20.4 Å². The summed E-state index contributed by atoms with van der Waals surface area (Å²) in [6.45, 7) is 0. The van der Waals surface area contributed by atoms with Crippen molar-refractivity contribution in [1.29, 1.82) is 0 Å². The Labute approximate surface area is 69.6 Å². The molecule has 0 aromatic carbocycles. The van der Waals surface area contributed by atoms with E-state index in [1.165, 1.54) is 6.08 Å². The maximum absolute atomic E-state index is 9.92. The van der Waals surface area contributed by atoms with Crippen LogP contribution in [0.15, 0.2) is 12.2 Å². The van der Waals surface area contributed by atoms with Gasteiger partial charge in [-0.25, -0.2) is 4.79 Å². The fraction of sp³-hybridized carbons (Fsp3) is 0.571.